The van der Waals surface area contributed by atoms with Crippen LogP contribution in [0.15, 0.2) is 168 Å². The second-order valence-electron chi connectivity index (χ2n) is 18.3. The maximum Gasteiger partial charge on any atom is 0.216 e. The quantitative estimate of drug-likeness (QED) is 0.0907. The predicted octanol–water partition coefficient (Wildman–Crippen LogP) is 15.1. The molecule has 0 bridgehead atoms. The molecule has 0 saturated carbocycles. The number of nitrogens with zero attached hydrogens (tertiary/aromatic N) is 4. The maximum absolute atomic E-state index is 6.72. The molecule has 0 fully saturated rings. The zero-order chi connectivity index (χ0) is 44.1. The Balaban J connectivity index is 0.000000266. The standard InChI is InChI=1S/C44H34N3O.C14H16NSi.Ir/c1-26(2)35-24-31(28-13-6-5-7-14-28)25-36(27(3)4)41(35)47-39-20-11-10-19-38(39)45-43(47)34-18-12-17-33-37-23-30-22-21-29-15-8-9-16-32(29)40(30)46-44(37)48-42(33)34;1-16(2,3)13-9-10-14(15-11-13)12-7-5-4-6-8-12;/h5-17,19-27H,1-4H3;4-7,9-11H,1-3H3;/q2*-1;. The van der Waals surface area contributed by atoms with Gasteiger partial charge < -0.3 is 14.0 Å². The second-order valence-corrected chi connectivity index (χ2v) is 23.4. The summed E-state index contributed by atoms with van der Waals surface area (Å²) in [5.74, 6) is 1.35. The van der Waals surface area contributed by atoms with E-state index >= 15 is 0 Å². The predicted molar refractivity (Wildman–Crippen MR) is 271 cm³/mol. The van der Waals surface area contributed by atoms with E-state index < -0.39 is 8.07 Å². The first-order valence-electron chi connectivity index (χ1n) is 22.2. The summed E-state index contributed by atoms with van der Waals surface area (Å²) in [6.45, 7) is 16.1. The molecule has 323 valence electrons. The zero-order valence-electron chi connectivity index (χ0n) is 37.8. The number of benzene rings is 7. The van der Waals surface area contributed by atoms with Crippen LogP contribution in [0.2, 0.25) is 19.6 Å². The van der Waals surface area contributed by atoms with E-state index in [9.17, 15) is 0 Å². The van der Waals surface area contributed by atoms with Crippen molar-refractivity contribution in [2.75, 3.05) is 0 Å². The number of hydrogen-bond acceptors (Lipinski definition) is 4. The first-order valence-corrected chi connectivity index (χ1v) is 25.7. The molecular formula is C58H50IrN4OSi-2. The number of imidazole rings is 1. The summed E-state index contributed by atoms with van der Waals surface area (Å²) < 4.78 is 9.07. The van der Waals surface area contributed by atoms with Crippen LogP contribution in [0.25, 0.3) is 94.2 Å². The van der Waals surface area contributed by atoms with Gasteiger partial charge in [0.2, 0.25) is 5.71 Å². The normalized spacial score (nSPS) is 11.8. The van der Waals surface area contributed by atoms with Gasteiger partial charge in [-0.15, -0.1) is 54.1 Å². The Hall–Kier alpha value is -6.50. The molecule has 65 heavy (non-hydrogen) atoms. The monoisotopic (exact) mass is 1040 g/mol. The van der Waals surface area contributed by atoms with Crippen LogP contribution in [0.1, 0.15) is 50.7 Å². The van der Waals surface area contributed by atoms with Crippen molar-refractivity contribution in [3.05, 3.63) is 187 Å². The van der Waals surface area contributed by atoms with E-state index in [1.54, 1.807) is 0 Å². The Morgan fingerprint density at radius 2 is 1.31 bits per heavy atom. The van der Waals surface area contributed by atoms with E-state index in [2.05, 4.69) is 196 Å². The van der Waals surface area contributed by atoms with E-state index in [4.69, 9.17) is 14.4 Å². The van der Waals surface area contributed by atoms with Crippen LogP contribution in [0.4, 0.5) is 0 Å². The number of hydrogen-bond donors (Lipinski definition) is 0. The van der Waals surface area contributed by atoms with Gasteiger partial charge >= 0.3 is 0 Å². The van der Waals surface area contributed by atoms with Gasteiger partial charge in [-0.3, -0.25) is 4.98 Å². The minimum atomic E-state index is -1.23. The van der Waals surface area contributed by atoms with Gasteiger partial charge in [0.25, 0.3) is 0 Å². The van der Waals surface area contributed by atoms with Crippen molar-refractivity contribution >= 4 is 68.0 Å². The molecule has 4 heterocycles. The van der Waals surface area contributed by atoms with Crippen LogP contribution in [-0.2, 0) is 20.1 Å². The van der Waals surface area contributed by atoms with Gasteiger partial charge in [0.05, 0.1) is 36.0 Å². The van der Waals surface area contributed by atoms with Crippen LogP contribution < -0.4 is 5.19 Å². The summed E-state index contributed by atoms with van der Waals surface area (Å²) in [5, 5.41) is 6.76. The summed E-state index contributed by atoms with van der Waals surface area (Å²) >= 11 is 0. The van der Waals surface area contributed by atoms with Crippen molar-refractivity contribution < 1.29 is 24.5 Å². The molecule has 0 aliphatic rings. The molecule has 5 nitrogen and oxygen atoms in total. The van der Waals surface area contributed by atoms with E-state index in [-0.39, 0.29) is 31.9 Å². The minimum absolute atomic E-state index is 0. The molecule has 0 N–H and O–H groups in total. The minimum Gasteiger partial charge on any atom is -0.486 e. The summed E-state index contributed by atoms with van der Waals surface area (Å²) in [7, 11) is -1.23. The van der Waals surface area contributed by atoms with Crippen LogP contribution in [-0.4, -0.2) is 27.6 Å². The molecule has 0 amide bonds. The molecule has 0 unspecified atom stereocenters. The Morgan fingerprint density at radius 3 is 2.02 bits per heavy atom. The summed E-state index contributed by atoms with van der Waals surface area (Å²) in [5.41, 5.74) is 13.4. The molecule has 0 aliphatic carbocycles. The van der Waals surface area contributed by atoms with Crippen molar-refractivity contribution in [1.82, 2.24) is 19.5 Å². The molecule has 11 rings (SSSR count). The van der Waals surface area contributed by atoms with Gasteiger partial charge in [-0.05, 0) is 80.7 Å². The molecule has 0 aliphatic heterocycles. The number of fused-ring (bicyclic) bond motifs is 7. The van der Waals surface area contributed by atoms with Gasteiger partial charge in [0, 0.05) is 48.1 Å². The van der Waals surface area contributed by atoms with Gasteiger partial charge in [0.1, 0.15) is 0 Å². The van der Waals surface area contributed by atoms with Gasteiger partial charge in [0.15, 0.2) is 0 Å². The fourth-order valence-electron chi connectivity index (χ4n) is 8.81. The average Bonchev–Trinajstić information content (AvgIpc) is 3.89. The van der Waals surface area contributed by atoms with E-state index in [0.717, 1.165) is 71.7 Å². The third-order valence-corrected chi connectivity index (χ3v) is 14.3. The van der Waals surface area contributed by atoms with E-state index in [1.807, 2.05) is 36.5 Å². The Bertz CT molecular complexity index is 3450. The third kappa shape index (κ3) is 8.25. The molecule has 0 spiro atoms. The van der Waals surface area contributed by atoms with Crippen molar-refractivity contribution in [3.8, 4) is 39.5 Å². The van der Waals surface area contributed by atoms with E-state index in [1.165, 1.54) is 33.1 Å². The van der Waals surface area contributed by atoms with Crippen LogP contribution in [0.3, 0.4) is 0 Å². The Kier molecular flexibility index (Phi) is 12.0. The van der Waals surface area contributed by atoms with Crippen LogP contribution in [0.5, 0.6) is 0 Å². The fourth-order valence-corrected chi connectivity index (χ4v) is 9.85. The molecule has 0 atom stereocenters. The molecule has 4 aromatic heterocycles. The molecule has 11 aromatic rings. The van der Waals surface area contributed by atoms with Crippen LogP contribution >= 0.6 is 0 Å². The fraction of sp³-hybridized carbons (Fsp3) is 0.155. The molecule has 0 saturated heterocycles. The van der Waals surface area contributed by atoms with Gasteiger partial charge in [-0.25, -0.2) is 4.98 Å². The molecule has 7 heteroatoms. The number of para-hydroxylation sites is 2. The third-order valence-electron chi connectivity index (χ3n) is 12.3. The SMILES string of the molecule is CC(C)c1cc(-c2ccccc2)cc(C(C)C)c1-n1c(-c2[c-]ccc3c2oc2nc4c(ccc5ccccc54)cc23)nc2ccccc21.C[Si](C)(C)c1ccc(-c2[c-]cccc2)nc1.[Ir]. The molecule has 7 aromatic carbocycles. The number of aromatic nitrogens is 4. The second kappa shape index (κ2) is 17.8. The summed E-state index contributed by atoms with van der Waals surface area (Å²) in [4.78, 5) is 14.9. The topological polar surface area (TPSA) is 56.7 Å². The largest absolute Gasteiger partial charge is 0.486 e. The summed E-state index contributed by atoms with van der Waals surface area (Å²) in [6, 6.07) is 61.8. The Labute approximate surface area is 395 Å². The zero-order valence-corrected chi connectivity index (χ0v) is 41.2. The molecule has 1 radical (unpaired) electrons. The first kappa shape index (κ1) is 43.7. The number of pyridine rings is 2. The Morgan fingerprint density at radius 1 is 0.600 bits per heavy atom. The average molecular weight is 1040 g/mol. The van der Waals surface area contributed by atoms with Gasteiger partial charge in [-0.1, -0.05) is 149 Å². The maximum atomic E-state index is 6.72. The smallest absolute Gasteiger partial charge is 0.216 e. The van der Waals surface area contributed by atoms with Crippen LogP contribution in [0, 0.1) is 12.1 Å². The molecular weight excluding hydrogens is 989 g/mol. The first-order chi connectivity index (χ1) is 31.0. The van der Waals surface area contributed by atoms with Crippen molar-refractivity contribution in [1.29, 1.82) is 0 Å². The number of furan rings is 1. The summed E-state index contributed by atoms with van der Waals surface area (Å²) in [6.07, 6.45) is 2.02. The van der Waals surface area contributed by atoms with Crippen molar-refractivity contribution in [2.24, 2.45) is 0 Å². The number of rotatable bonds is 7. The van der Waals surface area contributed by atoms with Crippen molar-refractivity contribution in [3.63, 3.8) is 0 Å². The van der Waals surface area contributed by atoms with Crippen molar-refractivity contribution in [2.45, 2.75) is 59.2 Å². The van der Waals surface area contributed by atoms with E-state index in [0.29, 0.717) is 5.71 Å². The van der Waals surface area contributed by atoms with Gasteiger partial charge in [-0.2, -0.15) is 0 Å².